The fraction of sp³-hybridized carbons (Fsp3) is 1.00. The van der Waals surface area contributed by atoms with Crippen LogP contribution in [0.3, 0.4) is 0 Å². The average Bonchev–Trinajstić information content (AvgIpc) is 1.85. The molecule has 0 saturated carbocycles. The van der Waals surface area contributed by atoms with Gasteiger partial charge in [0.15, 0.2) is 0 Å². The molecule has 0 aromatic heterocycles. The van der Waals surface area contributed by atoms with Crippen LogP contribution in [0.4, 0.5) is 0 Å². The third-order valence-corrected chi connectivity index (χ3v) is 1.78. The Kier molecular flexibility index (Phi) is 3.44. The first-order valence-electron chi connectivity index (χ1n) is 3.65. The summed E-state index contributed by atoms with van der Waals surface area (Å²) in [7, 11) is 0. The minimum atomic E-state index is -0.703. The smallest absolute Gasteiger partial charge is 0.118 e. The van der Waals surface area contributed by atoms with E-state index in [0.717, 1.165) is 0 Å². The Hall–Kier alpha value is 0.500. The van der Waals surface area contributed by atoms with Gasteiger partial charge in [0.25, 0.3) is 0 Å². The van der Waals surface area contributed by atoms with Crippen molar-refractivity contribution in [1.29, 1.82) is 0 Å². The normalized spacial score (nSPS) is 27.0. The molecule has 2 nitrogen and oxygen atoms in total. The first-order chi connectivity index (χ1) is 5.08. The summed E-state index contributed by atoms with van der Waals surface area (Å²) in [5.74, 6) is 0. The summed E-state index contributed by atoms with van der Waals surface area (Å²) >= 11 is 11.6. The van der Waals surface area contributed by atoms with Crippen molar-refractivity contribution >= 4 is 23.2 Å². The van der Waals surface area contributed by atoms with Gasteiger partial charge in [0.1, 0.15) is 4.33 Å². The van der Waals surface area contributed by atoms with E-state index >= 15 is 0 Å². The highest BCUT2D eigenvalue weighted by Gasteiger charge is 2.25. The van der Waals surface area contributed by atoms with E-state index in [9.17, 15) is 0 Å². The molecule has 1 unspecified atom stereocenters. The molecule has 0 radical (unpaired) electrons. The van der Waals surface area contributed by atoms with Gasteiger partial charge in [0, 0.05) is 6.42 Å². The minimum Gasteiger partial charge on any atom is -0.376 e. The summed E-state index contributed by atoms with van der Waals surface area (Å²) < 4.78 is 9.84. The SMILES string of the molecule is CC(Cl)(Cl)CC1COCCO1. The van der Waals surface area contributed by atoms with E-state index in [1.54, 1.807) is 6.92 Å². The van der Waals surface area contributed by atoms with Gasteiger partial charge in [-0.25, -0.2) is 0 Å². The Labute approximate surface area is 76.8 Å². The predicted octanol–water partition coefficient (Wildman–Crippen LogP) is 1.99. The Bertz CT molecular complexity index is 116. The topological polar surface area (TPSA) is 18.5 Å². The van der Waals surface area contributed by atoms with E-state index in [1.807, 2.05) is 0 Å². The molecule has 1 aliphatic heterocycles. The van der Waals surface area contributed by atoms with Gasteiger partial charge in [-0.15, -0.1) is 23.2 Å². The van der Waals surface area contributed by atoms with E-state index in [2.05, 4.69) is 0 Å². The maximum atomic E-state index is 5.80. The Morgan fingerprint density at radius 1 is 1.45 bits per heavy atom. The largest absolute Gasteiger partial charge is 0.376 e. The molecule has 1 heterocycles. The van der Waals surface area contributed by atoms with Crippen molar-refractivity contribution in [3.8, 4) is 0 Å². The molecule has 0 aromatic carbocycles. The van der Waals surface area contributed by atoms with Crippen molar-refractivity contribution in [3.63, 3.8) is 0 Å². The molecular formula is C7H12Cl2O2. The van der Waals surface area contributed by atoms with Gasteiger partial charge < -0.3 is 9.47 Å². The van der Waals surface area contributed by atoms with Crippen molar-refractivity contribution in [3.05, 3.63) is 0 Å². The molecule has 0 amide bonds. The first kappa shape index (κ1) is 9.59. The Morgan fingerprint density at radius 2 is 2.18 bits per heavy atom. The lowest BCUT2D eigenvalue weighted by Gasteiger charge is -2.26. The van der Waals surface area contributed by atoms with Crippen LogP contribution in [0.25, 0.3) is 0 Å². The van der Waals surface area contributed by atoms with Crippen molar-refractivity contribution in [2.75, 3.05) is 19.8 Å². The molecule has 0 spiro atoms. The zero-order valence-electron chi connectivity index (χ0n) is 6.48. The maximum Gasteiger partial charge on any atom is 0.118 e. The van der Waals surface area contributed by atoms with Crippen LogP contribution in [-0.4, -0.2) is 30.3 Å². The first-order valence-corrected chi connectivity index (χ1v) is 4.41. The molecule has 11 heavy (non-hydrogen) atoms. The van der Waals surface area contributed by atoms with Crippen LogP contribution in [-0.2, 0) is 9.47 Å². The molecule has 1 aliphatic rings. The lowest BCUT2D eigenvalue weighted by Crippen LogP contribution is -2.32. The van der Waals surface area contributed by atoms with Crippen LogP contribution in [0.15, 0.2) is 0 Å². The zero-order valence-corrected chi connectivity index (χ0v) is 7.99. The number of halogens is 2. The molecule has 4 heteroatoms. The van der Waals surface area contributed by atoms with E-state index in [-0.39, 0.29) is 6.10 Å². The third-order valence-electron chi connectivity index (χ3n) is 1.47. The number of alkyl halides is 2. The molecule has 0 N–H and O–H groups in total. The summed E-state index contributed by atoms with van der Waals surface area (Å²) in [5, 5.41) is 0. The fourth-order valence-corrected chi connectivity index (χ4v) is 1.40. The minimum absolute atomic E-state index is 0.0590. The highest BCUT2D eigenvalue weighted by Crippen LogP contribution is 2.27. The summed E-state index contributed by atoms with van der Waals surface area (Å²) in [6.45, 7) is 3.69. The monoisotopic (exact) mass is 198 g/mol. The van der Waals surface area contributed by atoms with E-state index in [1.165, 1.54) is 0 Å². The number of ether oxygens (including phenoxy) is 2. The van der Waals surface area contributed by atoms with E-state index < -0.39 is 4.33 Å². The van der Waals surface area contributed by atoms with Crippen molar-refractivity contribution in [2.24, 2.45) is 0 Å². The number of hydrogen-bond acceptors (Lipinski definition) is 2. The van der Waals surface area contributed by atoms with Gasteiger partial charge in [-0.05, 0) is 6.92 Å². The van der Waals surface area contributed by atoms with Crippen LogP contribution in [0.1, 0.15) is 13.3 Å². The molecular weight excluding hydrogens is 187 g/mol. The molecule has 0 bridgehead atoms. The quantitative estimate of drug-likeness (QED) is 0.633. The zero-order chi connectivity index (χ0) is 8.32. The van der Waals surface area contributed by atoms with Crippen molar-refractivity contribution in [1.82, 2.24) is 0 Å². The second-order valence-electron chi connectivity index (χ2n) is 2.84. The van der Waals surface area contributed by atoms with Gasteiger partial charge in [-0.2, -0.15) is 0 Å². The summed E-state index contributed by atoms with van der Waals surface area (Å²) in [6, 6.07) is 0. The standard InChI is InChI=1S/C7H12Cl2O2/c1-7(8,9)4-6-5-10-2-3-11-6/h6H,2-5H2,1H3. The van der Waals surface area contributed by atoms with Crippen LogP contribution in [0.2, 0.25) is 0 Å². The van der Waals surface area contributed by atoms with Crippen molar-refractivity contribution in [2.45, 2.75) is 23.8 Å². The summed E-state index contributed by atoms with van der Waals surface area (Å²) in [4.78, 5) is 0. The highest BCUT2D eigenvalue weighted by molar-refractivity contribution is 6.48. The Morgan fingerprint density at radius 3 is 2.64 bits per heavy atom. The molecule has 1 saturated heterocycles. The predicted molar refractivity (Wildman–Crippen MR) is 45.3 cm³/mol. The van der Waals surface area contributed by atoms with Crippen LogP contribution >= 0.6 is 23.2 Å². The van der Waals surface area contributed by atoms with Crippen LogP contribution in [0, 0.1) is 0 Å². The van der Waals surface area contributed by atoms with E-state index in [0.29, 0.717) is 26.2 Å². The molecule has 1 fully saturated rings. The molecule has 1 rings (SSSR count). The second-order valence-corrected chi connectivity index (χ2v) is 4.70. The lowest BCUT2D eigenvalue weighted by molar-refractivity contribution is -0.0913. The van der Waals surface area contributed by atoms with Gasteiger partial charge in [0.05, 0.1) is 25.9 Å². The van der Waals surface area contributed by atoms with Crippen molar-refractivity contribution < 1.29 is 9.47 Å². The maximum absolute atomic E-state index is 5.80. The van der Waals surface area contributed by atoms with Gasteiger partial charge in [-0.3, -0.25) is 0 Å². The Balaban J connectivity index is 2.24. The fourth-order valence-electron chi connectivity index (χ4n) is 1.05. The van der Waals surface area contributed by atoms with Gasteiger partial charge in [0.2, 0.25) is 0 Å². The number of hydrogen-bond donors (Lipinski definition) is 0. The summed E-state index contributed by atoms with van der Waals surface area (Å²) in [6.07, 6.45) is 0.680. The average molecular weight is 199 g/mol. The number of rotatable bonds is 2. The molecule has 66 valence electrons. The molecule has 1 atom stereocenters. The highest BCUT2D eigenvalue weighted by atomic mass is 35.5. The lowest BCUT2D eigenvalue weighted by atomic mass is 10.2. The molecule has 0 aromatic rings. The second kappa shape index (κ2) is 3.94. The van der Waals surface area contributed by atoms with Crippen LogP contribution < -0.4 is 0 Å². The van der Waals surface area contributed by atoms with Gasteiger partial charge >= 0.3 is 0 Å². The third kappa shape index (κ3) is 4.16. The van der Waals surface area contributed by atoms with Crippen LogP contribution in [0.5, 0.6) is 0 Å². The van der Waals surface area contributed by atoms with E-state index in [4.69, 9.17) is 32.7 Å². The summed E-state index contributed by atoms with van der Waals surface area (Å²) in [5.41, 5.74) is 0. The van der Waals surface area contributed by atoms with Gasteiger partial charge in [-0.1, -0.05) is 0 Å². The molecule has 0 aliphatic carbocycles.